The maximum absolute atomic E-state index is 13.3. The molecule has 0 radical (unpaired) electrons. The zero-order chi connectivity index (χ0) is 28.0. The highest BCUT2D eigenvalue weighted by molar-refractivity contribution is 5.89. The van der Waals surface area contributed by atoms with Crippen molar-refractivity contribution >= 4 is 11.9 Å². The molecule has 1 heterocycles. The first kappa shape index (κ1) is 32.4. The van der Waals surface area contributed by atoms with Crippen LogP contribution in [0.4, 0.5) is 0 Å². The molecule has 8 nitrogen and oxygen atoms in total. The van der Waals surface area contributed by atoms with Crippen molar-refractivity contribution in [2.24, 2.45) is 0 Å². The minimum Gasteiger partial charge on any atom is -0.457 e. The van der Waals surface area contributed by atoms with Crippen LogP contribution in [-0.2, 0) is 14.3 Å². The second-order valence-corrected chi connectivity index (χ2v) is 10.7. The minimum absolute atomic E-state index is 0.0367. The third-order valence-corrected chi connectivity index (χ3v) is 7.89. The molecule has 0 aliphatic carbocycles. The summed E-state index contributed by atoms with van der Waals surface area (Å²) in [4.78, 5) is 25.4. The number of hydrogen-bond donors (Lipinski definition) is 3. The van der Waals surface area contributed by atoms with Crippen molar-refractivity contribution in [3.63, 3.8) is 0 Å². The maximum Gasteiger partial charge on any atom is 0.345 e. The lowest BCUT2D eigenvalue weighted by Gasteiger charge is -2.34. The van der Waals surface area contributed by atoms with E-state index in [9.17, 15) is 24.9 Å². The molecule has 1 saturated heterocycles. The number of carbonyl (C=O) groups excluding carboxylic acids is 2. The predicted octanol–water partition coefficient (Wildman–Crippen LogP) is 3.92. The number of benzene rings is 1. The van der Waals surface area contributed by atoms with E-state index in [0.717, 1.165) is 69.3 Å². The zero-order valence-corrected chi connectivity index (χ0v) is 23.6. The van der Waals surface area contributed by atoms with E-state index in [1.807, 2.05) is 31.2 Å². The molecule has 0 saturated carbocycles. The van der Waals surface area contributed by atoms with E-state index in [1.54, 1.807) is 0 Å². The number of carbonyl (C=O) groups is 2. The van der Waals surface area contributed by atoms with Crippen LogP contribution in [0.2, 0.25) is 0 Å². The van der Waals surface area contributed by atoms with Crippen LogP contribution in [0.1, 0.15) is 94.0 Å². The van der Waals surface area contributed by atoms with Crippen molar-refractivity contribution in [2.45, 2.75) is 109 Å². The van der Waals surface area contributed by atoms with Gasteiger partial charge in [-0.05, 0) is 52.2 Å². The molecule has 0 aromatic heterocycles. The number of quaternary nitrogens is 1. The standard InChI is InChI=1S/C30H50NO7/c1-4-31(5-2,30(36)24-17-15-16-23(3)20-24)19-14-12-10-8-6-7-9-11-13-18-27(34)38-26(21-32)29-28(35)25(33)22-37-29/h15-17,20,25-26,28-29,32-33,35H,4-14,18-19,21-22H2,1-3H3/q+1/t25-,26+,28+,29+/m0/s1. The van der Waals surface area contributed by atoms with Crippen LogP contribution in [0.25, 0.3) is 0 Å². The Morgan fingerprint density at radius 3 is 2.13 bits per heavy atom. The summed E-state index contributed by atoms with van der Waals surface area (Å²) >= 11 is 0. The Morgan fingerprint density at radius 1 is 1.00 bits per heavy atom. The SMILES string of the molecule is CC[N+](CC)(CCCCCCCCCCCC(=O)O[C@H](CO)[C@H]1OC[C@H](O)[C@H]1O)C(=O)c1cccc(C)c1. The first-order valence-electron chi connectivity index (χ1n) is 14.5. The molecule has 4 atom stereocenters. The average Bonchev–Trinajstić information content (AvgIpc) is 3.25. The molecule has 216 valence electrons. The lowest BCUT2D eigenvalue weighted by molar-refractivity contribution is -0.845. The molecule has 1 aromatic carbocycles. The monoisotopic (exact) mass is 536 g/mol. The van der Waals surface area contributed by atoms with Gasteiger partial charge in [-0.3, -0.25) is 9.28 Å². The van der Waals surface area contributed by atoms with E-state index >= 15 is 0 Å². The summed E-state index contributed by atoms with van der Waals surface area (Å²) in [6.45, 7) is 8.28. The van der Waals surface area contributed by atoms with E-state index in [-0.39, 0.29) is 18.9 Å². The number of ether oxygens (including phenoxy) is 2. The Kier molecular flexibility index (Phi) is 14.5. The number of aryl methyl sites for hydroxylation is 1. The molecule has 1 aliphatic rings. The second kappa shape index (κ2) is 17.0. The lowest BCUT2D eigenvalue weighted by atomic mass is 10.0. The third-order valence-electron chi connectivity index (χ3n) is 7.89. The van der Waals surface area contributed by atoms with Crippen molar-refractivity contribution in [1.82, 2.24) is 0 Å². The molecule has 3 N–H and O–H groups in total. The fourth-order valence-corrected chi connectivity index (χ4v) is 5.29. The van der Waals surface area contributed by atoms with Gasteiger partial charge in [0.05, 0.1) is 38.4 Å². The molecule has 0 spiro atoms. The summed E-state index contributed by atoms with van der Waals surface area (Å²) in [5.74, 6) is -0.187. The highest BCUT2D eigenvalue weighted by Crippen LogP contribution is 2.21. The van der Waals surface area contributed by atoms with Gasteiger partial charge in [-0.1, -0.05) is 56.2 Å². The summed E-state index contributed by atoms with van der Waals surface area (Å²) in [5, 5.41) is 28.9. The van der Waals surface area contributed by atoms with Gasteiger partial charge in [0, 0.05) is 6.42 Å². The first-order valence-corrected chi connectivity index (χ1v) is 14.5. The van der Waals surface area contributed by atoms with Gasteiger partial charge in [0.2, 0.25) is 0 Å². The smallest absolute Gasteiger partial charge is 0.345 e. The van der Waals surface area contributed by atoms with E-state index in [0.29, 0.717) is 4.48 Å². The maximum atomic E-state index is 13.3. The minimum atomic E-state index is -1.17. The summed E-state index contributed by atoms with van der Waals surface area (Å²) in [5.41, 5.74) is 1.93. The zero-order valence-electron chi connectivity index (χ0n) is 23.6. The van der Waals surface area contributed by atoms with Crippen molar-refractivity contribution in [2.75, 3.05) is 32.8 Å². The molecule has 0 unspecified atom stereocenters. The number of hydrogen-bond acceptors (Lipinski definition) is 7. The number of rotatable bonds is 18. The van der Waals surface area contributed by atoms with E-state index < -0.39 is 37.0 Å². The number of amides is 1. The van der Waals surface area contributed by atoms with Crippen LogP contribution in [-0.4, -0.2) is 88.9 Å². The summed E-state index contributed by atoms with van der Waals surface area (Å²) in [7, 11) is 0. The molecule has 2 rings (SSSR count). The molecule has 38 heavy (non-hydrogen) atoms. The van der Waals surface area contributed by atoms with Crippen molar-refractivity contribution < 1.29 is 38.9 Å². The molecule has 8 heteroatoms. The van der Waals surface area contributed by atoms with Crippen LogP contribution in [0, 0.1) is 6.92 Å². The molecule has 1 amide bonds. The normalized spacial score (nSPS) is 20.4. The Morgan fingerprint density at radius 2 is 1.61 bits per heavy atom. The molecule has 1 fully saturated rings. The Labute approximate surface area is 228 Å². The average molecular weight is 537 g/mol. The van der Waals surface area contributed by atoms with Crippen LogP contribution in [0.5, 0.6) is 0 Å². The van der Waals surface area contributed by atoms with Gasteiger partial charge in [0.1, 0.15) is 18.3 Å². The molecule has 1 aromatic rings. The van der Waals surface area contributed by atoms with E-state index in [2.05, 4.69) is 13.8 Å². The van der Waals surface area contributed by atoms with Crippen LogP contribution < -0.4 is 0 Å². The van der Waals surface area contributed by atoms with Gasteiger partial charge >= 0.3 is 11.9 Å². The quantitative estimate of drug-likeness (QED) is 0.148. The van der Waals surface area contributed by atoms with Crippen molar-refractivity contribution in [3.05, 3.63) is 35.4 Å². The van der Waals surface area contributed by atoms with Crippen LogP contribution >= 0.6 is 0 Å². The Bertz CT molecular complexity index is 842. The number of unbranched alkanes of at least 4 members (excludes halogenated alkanes) is 8. The fraction of sp³-hybridized carbons (Fsp3) is 0.733. The Balaban J connectivity index is 1.54. The van der Waals surface area contributed by atoms with Gasteiger partial charge in [-0.25, -0.2) is 4.79 Å². The Hall–Kier alpha value is -1.84. The lowest BCUT2D eigenvalue weighted by Crippen LogP contribution is -2.53. The van der Waals surface area contributed by atoms with E-state index in [4.69, 9.17) is 9.47 Å². The van der Waals surface area contributed by atoms with E-state index in [1.165, 1.54) is 19.3 Å². The number of nitrogens with zero attached hydrogens (tertiary/aromatic N) is 1. The number of aliphatic hydroxyl groups is 3. The molecule has 1 aliphatic heterocycles. The topological polar surface area (TPSA) is 113 Å². The summed E-state index contributed by atoms with van der Waals surface area (Å²) < 4.78 is 11.0. The molecular formula is C30H50NO7+. The van der Waals surface area contributed by atoms with Crippen LogP contribution in [0.3, 0.4) is 0 Å². The highest BCUT2D eigenvalue weighted by atomic mass is 16.6. The van der Waals surface area contributed by atoms with Gasteiger partial charge in [-0.2, -0.15) is 0 Å². The van der Waals surface area contributed by atoms with Crippen molar-refractivity contribution in [1.29, 1.82) is 0 Å². The fourth-order valence-electron chi connectivity index (χ4n) is 5.29. The second-order valence-electron chi connectivity index (χ2n) is 10.7. The van der Waals surface area contributed by atoms with Gasteiger partial charge < -0.3 is 24.8 Å². The summed E-state index contributed by atoms with van der Waals surface area (Å²) in [6, 6.07) is 7.92. The number of aliphatic hydroxyl groups excluding tert-OH is 3. The summed E-state index contributed by atoms with van der Waals surface area (Å²) in [6.07, 6.45) is 5.76. The third kappa shape index (κ3) is 9.72. The van der Waals surface area contributed by atoms with Gasteiger partial charge in [-0.15, -0.1) is 0 Å². The number of esters is 1. The van der Waals surface area contributed by atoms with Crippen molar-refractivity contribution in [3.8, 4) is 0 Å². The molecular weight excluding hydrogens is 486 g/mol. The molecule has 0 bridgehead atoms. The largest absolute Gasteiger partial charge is 0.457 e. The predicted molar refractivity (Wildman–Crippen MR) is 147 cm³/mol. The van der Waals surface area contributed by atoms with Crippen LogP contribution in [0.15, 0.2) is 24.3 Å². The highest BCUT2D eigenvalue weighted by Gasteiger charge is 2.41. The van der Waals surface area contributed by atoms with Gasteiger partial charge in [0.15, 0.2) is 6.10 Å². The van der Waals surface area contributed by atoms with Gasteiger partial charge in [0.25, 0.3) is 0 Å². The first-order chi connectivity index (χ1) is 18.3.